The SMILES string of the molecule is O=C(Oc1ccccc1C=NNC(=S)Nc1ccccc1)c1ccc(Cl)cc1. The highest BCUT2D eigenvalue weighted by Gasteiger charge is 2.10. The van der Waals surface area contributed by atoms with Gasteiger partial charge in [-0.2, -0.15) is 5.10 Å². The molecule has 3 aromatic rings. The van der Waals surface area contributed by atoms with E-state index >= 15 is 0 Å². The minimum atomic E-state index is -0.480. The Bertz CT molecular complexity index is 992. The lowest BCUT2D eigenvalue weighted by Crippen LogP contribution is -2.23. The second-order valence-electron chi connectivity index (χ2n) is 5.62. The predicted molar refractivity (Wildman–Crippen MR) is 116 cm³/mol. The first-order valence-corrected chi connectivity index (χ1v) is 9.12. The van der Waals surface area contributed by atoms with Gasteiger partial charge in [0.25, 0.3) is 0 Å². The Kier molecular flexibility index (Phi) is 6.73. The fourth-order valence-electron chi connectivity index (χ4n) is 2.27. The van der Waals surface area contributed by atoms with Crippen LogP contribution in [-0.4, -0.2) is 17.3 Å². The minimum Gasteiger partial charge on any atom is -0.422 e. The molecule has 0 saturated heterocycles. The lowest BCUT2D eigenvalue weighted by atomic mass is 10.2. The fraction of sp³-hybridized carbons (Fsp3) is 0. The van der Waals surface area contributed by atoms with Crippen LogP contribution < -0.4 is 15.5 Å². The Morgan fingerprint density at radius 1 is 0.964 bits per heavy atom. The molecule has 0 atom stereocenters. The van der Waals surface area contributed by atoms with Gasteiger partial charge in [-0.15, -0.1) is 0 Å². The van der Waals surface area contributed by atoms with Crippen molar-refractivity contribution in [1.82, 2.24) is 5.43 Å². The number of esters is 1. The highest BCUT2D eigenvalue weighted by Crippen LogP contribution is 2.18. The van der Waals surface area contributed by atoms with Crippen LogP contribution in [0.2, 0.25) is 5.02 Å². The molecule has 28 heavy (non-hydrogen) atoms. The molecule has 0 saturated carbocycles. The quantitative estimate of drug-likeness (QED) is 0.207. The number of benzene rings is 3. The summed E-state index contributed by atoms with van der Waals surface area (Å²) < 4.78 is 5.48. The average Bonchev–Trinajstić information content (AvgIpc) is 2.70. The first kappa shape index (κ1) is 19.5. The van der Waals surface area contributed by atoms with Crippen molar-refractivity contribution < 1.29 is 9.53 Å². The Morgan fingerprint density at radius 3 is 2.39 bits per heavy atom. The number of carbonyl (C=O) groups is 1. The van der Waals surface area contributed by atoms with Crippen LogP contribution in [0.5, 0.6) is 5.75 Å². The molecule has 0 aliphatic heterocycles. The summed E-state index contributed by atoms with van der Waals surface area (Å²) >= 11 is 11.0. The number of nitrogens with one attached hydrogen (secondary N) is 2. The lowest BCUT2D eigenvalue weighted by molar-refractivity contribution is 0.0734. The molecule has 0 amide bonds. The maximum absolute atomic E-state index is 12.3. The average molecular weight is 410 g/mol. The minimum absolute atomic E-state index is 0.345. The molecule has 3 aromatic carbocycles. The molecular weight excluding hydrogens is 394 g/mol. The number of carbonyl (C=O) groups excluding carboxylic acids is 1. The maximum atomic E-state index is 12.3. The summed E-state index contributed by atoms with van der Waals surface area (Å²) in [7, 11) is 0. The Labute approximate surface area is 173 Å². The van der Waals surface area contributed by atoms with E-state index in [-0.39, 0.29) is 0 Å². The van der Waals surface area contributed by atoms with E-state index in [1.807, 2.05) is 36.4 Å². The molecule has 5 nitrogen and oxygen atoms in total. The second kappa shape index (κ2) is 9.64. The van der Waals surface area contributed by atoms with Gasteiger partial charge in [0.2, 0.25) is 0 Å². The van der Waals surface area contributed by atoms with Crippen molar-refractivity contribution in [2.45, 2.75) is 0 Å². The van der Waals surface area contributed by atoms with Crippen LogP contribution in [0, 0.1) is 0 Å². The summed E-state index contributed by atoms with van der Waals surface area (Å²) in [5.74, 6) is -0.0957. The second-order valence-corrected chi connectivity index (χ2v) is 6.47. The van der Waals surface area contributed by atoms with E-state index in [2.05, 4.69) is 15.8 Å². The van der Waals surface area contributed by atoms with Gasteiger partial charge < -0.3 is 10.1 Å². The first-order valence-electron chi connectivity index (χ1n) is 8.34. The molecule has 0 fully saturated rings. The van der Waals surface area contributed by atoms with Gasteiger partial charge in [0, 0.05) is 16.3 Å². The van der Waals surface area contributed by atoms with Gasteiger partial charge in [0.05, 0.1) is 11.8 Å². The van der Waals surface area contributed by atoms with Crippen LogP contribution in [0.25, 0.3) is 0 Å². The molecule has 0 unspecified atom stereocenters. The largest absolute Gasteiger partial charge is 0.422 e. The van der Waals surface area contributed by atoms with Crippen molar-refractivity contribution in [2.75, 3.05) is 5.32 Å². The van der Waals surface area contributed by atoms with E-state index in [1.165, 1.54) is 6.21 Å². The van der Waals surface area contributed by atoms with E-state index < -0.39 is 5.97 Å². The highest BCUT2D eigenvalue weighted by atomic mass is 35.5. The van der Waals surface area contributed by atoms with Crippen LogP contribution in [-0.2, 0) is 0 Å². The van der Waals surface area contributed by atoms with Crippen molar-refractivity contribution >= 4 is 46.8 Å². The van der Waals surface area contributed by atoms with Gasteiger partial charge in [0.15, 0.2) is 5.11 Å². The van der Waals surface area contributed by atoms with Crippen molar-refractivity contribution in [2.24, 2.45) is 5.10 Å². The zero-order valence-electron chi connectivity index (χ0n) is 14.6. The third-order valence-electron chi connectivity index (χ3n) is 3.60. The standard InChI is InChI=1S/C21H16ClN3O2S/c22-17-12-10-15(11-13-17)20(26)27-19-9-5-4-6-16(19)14-23-25-21(28)24-18-7-2-1-3-8-18/h1-14H,(H2,24,25,28). The van der Waals surface area contributed by atoms with Gasteiger partial charge in [0.1, 0.15) is 5.75 Å². The summed E-state index contributed by atoms with van der Waals surface area (Å²) in [4.78, 5) is 12.3. The highest BCUT2D eigenvalue weighted by molar-refractivity contribution is 7.80. The third-order valence-corrected chi connectivity index (χ3v) is 4.05. The molecule has 0 aliphatic carbocycles. The van der Waals surface area contributed by atoms with Gasteiger partial charge in [-0.3, -0.25) is 5.43 Å². The van der Waals surface area contributed by atoms with Gasteiger partial charge in [-0.05, 0) is 60.7 Å². The molecule has 0 spiro atoms. The zero-order chi connectivity index (χ0) is 19.8. The molecule has 0 radical (unpaired) electrons. The van der Waals surface area contributed by atoms with E-state index in [0.717, 1.165) is 5.69 Å². The van der Waals surface area contributed by atoms with Gasteiger partial charge in [-0.1, -0.05) is 41.9 Å². The zero-order valence-corrected chi connectivity index (χ0v) is 16.2. The number of anilines is 1. The van der Waals surface area contributed by atoms with Crippen LogP contribution >= 0.6 is 23.8 Å². The first-order chi connectivity index (χ1) is 13.6. The van der Waals surface area contributed by atoms with Crippen LogP contribution in [0.3, 0.4) is 0 Å². The number of para-hydroxylation sites is 2. The summed E-state index contributed by atoms with van der Waals surface area (Å²) in [6, 6.07) is 23.1. The van der Waals surface area contributed by atoms with Crippen molar-refractivity contribution in [3.63, 3.8) is 0 Å². The number of nitrogens with zero attached hydrogens (tertiary/aromatic N) is 1. The van der Waals surface area contributed by atoms with Crippen molar-refractivity contribution in [3.05, 3.63) is 95.0 Å². The van der Waals surface area contributed by atoms with Gasteiger partial charge >= 0.3 is 5.97 Å². The Balaban J connectivity index is 1.63. The number of halogens is 1. The summed E-state index contributed by atoms with van der Waals surface area (Å²) in [5, 5.41) is 8.01. The molecular formula is C21H16ClN3O2S. The molecule has 0 aliphatic rings. The van der Waals surface area contributed by atoms with E-state index in [1.54, 1.807) is 42.5 Å². The van der Waals surface area contributed by atoms with Crippen LogP contribution in [0.15, 0.2) is 84.0 Å². The van der Waals surface area contributed by atoms with Crippen LogP contribution in [0.1, 0.15) is 15.9 Å². The van der Waals surface area contributed by atoms with Crippen molar-refractivity contribution in [3.8, 4) is 5.75 Å². The van der Waals surface area contributed by atoms with Gasteiger partial charge in [-0.25, -0.2) is 4.79 Å². The van der Waals surface area contributed by atoms with E-state index in [9.17, 15) is 4.79 Å². The topological polar surface area (TPSA) is 62.7 Å². The number of hydrogen-bond acceptors (Lipinski definition) is 4. The number of rotatable bonds is 5. The summed E-state index contributed by atoms with van der Waals surface area (Å²) in [6.07, 6.45) is 1.53. The molecule has 2 N–H and O–H groups in total. The predicted octanol–water partition coefficient (Wildman–Crippen LogP) is 4.88. The smallest absolute Gasteiger partial charge is 0.343 e. The number of hydrogen-bond donors (Lipinski definition) is 2. The molecule has 140 valence electrons. The molecule has 0 aromatic heterocycles. The fourth-order valence-corrected chi connectivity index (χ4v) is 2.56. The molecule has 0 bridgehead atoms. The third kappa shape index (κ3) is 5.64. The Hall–Kier alpha value is -3.22. The van der Waals surface area contributed by atoms with Crippen LogP contribution in [0.4, 0.5) is 5.69 Å². The van der Waals surface area contributed by atoms with E-state index in [0.29, 0.717) is 27.0 Å². The van der Waals surface area contributed by atoms with Crippen molar-refractivity contribution in [1.29, 1.82) is 0 Å². The molecule has 3 rings (SSSR count). The molecule has 7 heteroatoms. The summed E-state index contributed by atoms with van der Waals surface area (Å²) in [5.41, 5.74) is 4.62. The summed E-state index contributed by atoms with van der Waals surface area (Å²) in [6.45, 7) is 0. The molecule has 0 heterocycles. The maximum Gasteiger partial charge on any atom is 0.343 e. The number of ether oxygens (including phenoxy) is 1. The Morgan fingerprint density at radius 2 is 1.64 bits per heavy atom. The monoisotopic (exact) mass is 409 g/mol. The number of thiocarbonyl (C=S) groups is 1. The lowest BCUT2D eigenvalue weighted by Gasteiger charge is -2.08. The number of hydrazone groups is 1. The van der Waals surface area contributed by atoms with E-state index in [4.69, 9.17) is 28.6 Å². The normalized spacial score (nSPS) is 10.5.